The lowest BCUT2D eigenvalue weighted by atomic mass is 9.95. The highest BCUT2D eigenvalue weighted by Crippen LogP contribution is 2.20. The molecule has 1 aliphatic heterocycles. The molecule has 1 aliphatic rings. The number of amides is 1. The Bertz CT molecular complexity index is 344. The summed E-state index contributed by atoms with van der Waals surface area (Å²) in [5.41, 5.74) is 0.801. The number of nitrogens with one attached hydrogen (secondary N) is 1. The third-order valence-electron chi connectivity index (χ3n) is 3.07. The monoisotopic (exact) mass is 218 g/mol. The zero-order valence-corrected chi connectivity index (χ0v) is 9.65. The number of benzene rings is 1. The molecule has 0 aromatic heterocycles. The van der Waals surface area contributed by atoms with Gasteiger partial charge in [-0.3, -0.25) is 4.79 Å². The summed E-state index contributed by atoms with van der Waals surface area (Å²) in [4.78, 5) is 13.9. The number of likely N-dealkylation sites (tertiary alicyclic amines) is 1. The molecule has 0 radical (unpaired) electrons. The Hall–Kier alpha value is -1.35. The second-order valence-electron chi connectivity index (χ2n) is 4.33. The van der Waals surface area contributed by atoms with Gasteiger partial charge in [-0.1, -0.05) is 18.2 Å². The van der Waals surface area contributed by atoms with Gasteiger partial charge in [-0.25, -0.2) is 0 Å². The van der Waals surface area contributed by atoms with Gasteiger partial charge >= 0.3 is 0 Å². The number of carbonyl (C=O) groups is 1. The molecule has 1 fully saturated rings. The van der Waals surface area contributed by atoms with Gasteiger partial charge in [0.1, 0.15) is 0 Å². The predicted octanol–water partition coefficient (Wildman–Crippen LogP) is 1.37. The summed E-state index contributed by atoms with van der Waals surface area (Å²) in [6, 6.07) is 9.51. The molecule has 1 amide bonds. The van der Waals surface area contributed by atoms with Gasteiger partial charge < -0.3 is 10.2 Å². The van der Waals surface area contributed by atoms with Crippen molar-refractivity contribution < 1.29 is 4.79 Å². The van der Waals surface area contributed by atoms with Crippen LogP contribution in [0.3, 0.4) is 0 Å². The van der Waals surface area contributed by atoms with Crippen molar-refractivity contribution in [1.29, 1.82) is 0 Å². The van der Waals surface area contributed by atoms with Crippen LogP contribution in [0.15, 0.2) is 30.3 Å². The highest BCUT2D eigenvalue weighted by atomic mass is 16.2. The molecular formula is C13H18N2O. The van der Waals surface area contributed by atoms with Crippen molar-refractivity contribution in [3.8, 4) is 0 Å². The maximum Gasteiger partial charge on any atom is 0.253 e. The van der Waals surface area contributed by atoms with E-state index < -0.39 is 0 Å². The lowest BCUT2D eigenvalue weighted by Gasteiger charge is -2.39. The molecule has 0 unspecified atom stereocenters. The highest BCUT2D eigenvalue weighted by Gasteiger charge is 2.30. The van der Waals surface area contributed by atoms with Crippen LogP contribution < -0.4 is 5.32 Å². The quantitative estimate of drug-likeness (QED) is 0.827. The average molecular weight is 218 g/mol. The zero-order chi connectivity index (χ0) is 11.4. The standard InChI is InChI=1S/C13H18N2O/c1-14-8-7-11-9-15(10-11)13(16)12-5-3-2-4-6-12/h2-6,11,14H,7-10H2,1H3. The van der Waals surface area contributed by atoms with Crippen LogP contribution in [0.4, 0.5) is 0 Å². The van der Waals surface area contributed by atoms with E-state index in [-0.39, 0.29) is 5.91 Å². The van der Waals surface area contributed by atoms with Gasteiger partial charge in [0, 0.05) is 18.7 Å². The molecule has 3 heteroatoms. The summed E-state index contributed by atoms with van der Waals surface area (Å²) in [7, 11) is 1.96. The topological polar surface area (TPSA) is 32.3 Å². The molecule has 16 heavy (non-hydrogen) atoms. The molecule has 0 aliphatic carbocycles. The maximum atomic E-state index is 12.0. The molecule has 1 aromatic rings. The van der Waals surface area contributed by atoms with Crippen molar-refractivity contribution in [2.45, 2.75) is 6.42 Å². The van der Waals surface area contributed by atoms with Crippen LogP contribution in [0.25, 0.3) is 0 Å². The summed E-state index contributed by atoms with van der Waals surface area (Å²) in [5, 5.41) is 3.14. The minimum absolute atomic E-state index is 0.168. The average Bonchev–Trinajstić information content (AvgIpc) is 2.28. The minimum atomic E-state index is 0.168. The van der Waals surface area contributed by atoms with E-state index >= 15 is 0 Å². The molecule has 86 valence electrons. The fourth-order valence-electron chi connectivity index (χ4n) is 2.03. The van der Waals surface area contributed by atoms with Crippen molar-refractivity contribution in [2.24, 2.45) is 5.92 Å². The van der Waals surface area contributed by atoms with Gasteiger partial charge in [0.2, 0.25) is 0 Å². The van der Waals surface area contributed by atoms with Crippen molar-refractivity contribution >= 4 is 5.91 Å². The van der Waals surface area contributed by atoms with Crippen molar-refractivity contribution in [1.82, 2.24) is 10.2 Å². The Morgan fingerprint density at radius 3 is 2.69 bits per heavy atom. The molecule has 0 bridgehead atoms. The first kappa shape index (κ1) is 11.1. The smallest absolute Gasteiger partial charge is 0.253 e. The number of nitrogens with zero attached hydrogens (tertiary/aromatic N) is 1. The van der Waals surface area contributed by atoms with Crippen LogP contribution in [-0.2, 0) is 0 Å². The Balaban J connectivity index is 1.82. The summed E-state index contributed by atoms with van der Waals surface area (Å²) in [5.74, 6) is 0.849. The number of hydrogen-bond acceptors (Lipinski definition) is 2. The van der Waals surface area contributed by atoms with Gasteiger partial charge in [0.05, 0.1) is 0 Å². The first-order valence-electron chi connectivity index (χ1n) is 5.80. The van der Waals surface area contributed by atoms with E-state index in [1.807, 2.05) is 42.3 Å². The molecule has 0 saturated carbocycles. The molecule has 1 heterocycles. The second-order valence-corrected chi connectivity index (χ2v) is 4.33. The van der Waals surface area contributed by atoms with Crippen LogP contribution >= 0.6 is 0 Å². The molecule has 0 atom stereocenters. The lowest BCUT2D eigenvalue weighted by Crippen LogP contribution is -2.50. The van der Waals surface area contributed by atoms with Gasteiger partial charge in [0.25, 0.3) is 5.91 Å². The number of rotatable bonds is 4. The van der Waals surface area contributed by atoms with E-state index in [2.05, 4.69) is 5.32 Å². The molecule has 2 rings (SSSR count). The minimum Gasteiger partial charge on any atom is -0.338 e. The van der Waals surface area contributed by atoms with E-state index in [0.717, 1.165) is 31.6 Å². The van der Waals surface area contributed by atoms with E-state index in [4.69, 9.17) is 0 Å². The molecule has 1 N–H and O–H groups in total. The van der Waals surface area contributed by atoms with Crippen molar-refractivity contribution in [3.05, 3.63) is 35.9 Å². The fraction of sp³-hybridized carbons (Fsp3) is 0.462. The SMILES string of the molecule is CNCCC1CN(C(=O)c2ccccc2)C1. The Labute approximate surface area is 96.5 Å². The second kappa shape index (κ2) is 5.12. The van der Waals surface area contributed by atoms with Crippen molar-refractivity contribution in [2.75, 3.05) is 26.7 Å². The van der Waals surface area contributed by atoms with E-state index in [0.29, 0.717) is 5.92 Å². The Morgan fingerprint density at radius 2 is 2.06 bits per heavy atom. The van der Waals surface area contributed by atoms with Gasteiger partial charge in [0.15, 0.2) is 0 Å². The summed E-state index contributed by atoms with van der Waals surface area (Å²) < 4.78 is 0. The van der Waals surface area contributed by atoms with E-state index in [9.17, 15) is 4.79 Å². The maximum absolute atomic E-state index is 12.0. The first-order chi connectivity index (χ1) is 7.81. The number of carbonyl (C=O) groups excluding carboxylic acids is 1. The van der Waals surface area contributed by atoms with Crippen LogP contribution in [0.5, 0.6) is 0 Å². The van der Waals surface area contributed by atoms with Crippen LogP contribution in [-0.4, -0.2) is 37.5 Å². The highest BCUT2D eigenvalue weighted by molar-refractivity contribution is 5.94. The van der Waals surface area contributed by atoms with E-state index in [1.165, 1.54) is 0 Å². The van der Waals surface area contributed by atoms with Crippen molar-refractivity contribution in [3.63, 3.8) is 0 Å². The Kier molecular flexibility index (Phi) is 3.57. The predicted molar refractivity (Wildman–Crippen MR) is 64.4 cm³/mol. The zero-order valence-electron chi connectivity index (χ0n) is 9.65. The lowest BCUT2D eigenvalue weighted by molar-refractivity contribution is 0.0487. The van der Waals surface area contributed by atoms with Crippen LogP contribution in [0.2, 0.25) is 0 Å². The summed E-state index contributed by atoms with van der Waals surface area (Å²) in [6.45, 7) is 2.86. The first-order valence-corrected chi connectivity index (χ1v) is 5.80. The molecule has 3 nitrogen and oxygen atoms in total. The summed E-state index contributed by atoms with van der Waals surface area (Å²) >= 11 is 0. The molecule has 0 spiro atoms. The molecule has 1 saturated heterocycles. The van der Waals surface area contributed by atoms with Gasteiger partial charge in [-0.15, -0.1) is 0 Å². The van der Waals surface area contributed by atoms with Crippen LogP contribution in [0, 0.1) is 5.92 Å². The van der Waals surface area contributed by atoms with Gasteiger partial charge in [-0.05, 0) is 38.1 Å². The van der Waals surface area contributed by atoms with E-state index in [1.54, 1.807) is 0 Å². The Morgan fingerprint density at radius 1 is 1.38 bits per heavy atom. The third kappa shape index (κ3) is 2.42. The summed E-state index contributed by atoms with van der Waals surface area (Å²) in [6.07, 6.45) is 1.16. The fourth-order valence-corrected chi connectivity index (χ4v) is 2.03. The molecule has 1 aromatic carbocycles. The normalized spacial score (nSPS) is 15.9. The van der Waals surface area contributed by atoms with Gasteiger partial charge in [-0.2, -0.15) is 0 Å². The van der Waals surface area contributed by atoms with Crippen LogP contribution in [0.1, 0.15) is 16.8 Å². The largest absolute Gasteiger partial charge is 0.338 e. The molecular weight excluding hydrogens is 200 g/mol. The third-order valence-corrected chi connectivity index (χ3v) is 3.07. The number of hydrogen-bond donors (Lipinski definition) is 1.